The first-order valence-corrected chi connectivity index (χ1v) is 13.0. The minimum absolute atomic E-state index is 0.0223. The number of methoxy groups -OCH3 is 1. The second-order valence-electron chi connectivity index (χ2n) is 9.01. The van der Waals surface area contributed by atoms with Crippen LogP contribution < -0.4 is 4.74 Å². The Bertz CT molecular complexity index is 795. The molecular weight excluding hydrogens is 466 g/mol. The lowest BCUT2D eigenvalue weighted by Gasteiger charge is -2.43. The molecule has 0 bridgehead atoms. The first-order chi connectivity index (χ1) is 16.0. The highest BCUT2D eigenvalue weighted by Crippen LogP contribution is 2.30. The van der Waals surface area contributed by atoms with E-state index >= 15 is 0 Å². The lowest BCUT2D eigenvalue weighted by molar-refractivity contribution is -0.155. The van der Waals surface area contributed by atoms with Gasteiger partial charge in [0.1, 0.15) is 6.04 Å². The summed E-state index contributed by atoms with van der Waals surface area (Å²) in [6.07, 6.45) is 4.65. The SMILES string of the molecule is COC[C@H]1C(=O)N(CC2CCC(N3CCOCC3)CC2)CCN1C(=O)COc1ccc(Cl)s1. The average molecular weight is 500 g/mol. The van der Waals surface area contributed by atoms with E-state index in [1.807, 2.05) is 4.90 Å². The third kappa shape index (κ3) is 6.39. The van der Waals surface area contributed by atoms with Gasteiger partial charge in [-0.1, -0.05) is 22.9 Å². The standard InChI is InChI=1S/C23H34ClN3O5S/c1-30-15-19-23(29)26(8-9-27(19)21(28)16-32-22-7-6-20(24)33-22)14-17-2-4-18(5-3-17)25-10-12-31-13-11-25/h6-7,17-19H,2-5,8-16H2,1H3/t17?,18?,19-/m0/s1. The number of nitrogens with zero attached hydrogens (tertiary/aromatic N) is 3. The number of hydrogen-bond acceptors (Lipinski definition) is 7. The smallest absolute Gasteiger partial charge is 0.261 e. The minimum Gasteiger partial charge on any atom is -0.474 e. The van der Waals surface area contributed by atoms with Crippen molar-refractivity contribution < 1.29 is 23.8 Å². The van der Waals surface area contributed by atoms with Crippen LogP contribution in [0.1, 0.15) is 25.7 Å². The molecular formula is C23H34ClN3O5S. The molecule has 2 amide bonds. The van der Waals surface area contributed by atoms with Crippen molar-refractivity contribution in [1.29, 1.82) is 0 Å². The third-order valence-electron chi connectivity index (χ3n) is 6.97. The molecule has 4 rings (SSSR count). The fourth-order valence-corrected chi connectivity index (χ4v) is 6.05. The van der Waals surface area contributed by atoms with Crippen LogP contribution in [0, 0.1) is 5.92 Å². The van der Waals surface area contributed by atoms with Crippen LogP contribution in [0.4, 0.5) is 0 Å². The lowest BCUT2D eigenvalue weighted by atomic mass is 9.84. The number of rotatable bonds is 8. The van der Waals surface area contributed by atoms with E-state index in [2.05, 4.69) is 4.90 Å². The molecule has 10 heteroatoms. The summed E-state index contributed by atoms with van der Waals surface area (Å²) in [6, 6.07) is 3.52. The Morgan fingerprint density at radius 2 is 1.91 bits per heavy atom. The van der Waals surface area contributed by atoms with E-state index in [9.17, 15) is 9.59 Å². The maximum atomic E-state index is 13.3. The summed E-state index contributed by atoms with van der Waals surface area (Å²) in [4.78, 5) is 32.2. The highest BCUT2D eigenvalue weighted by Gasteiger charge is 2.39. The molecule has 1 saturated carbocycles. The van der Waals surface area contributed by atoms with Crippen LogP contribution in [-0.4, -0.2) is 105 Å². The first-order valence-electron chi connectivity index (χ1n) is 11.8. The molecule has 1 aromatic heterocycles. The number of morpholine rings is 1. The van der Waals surface area contributed by atoms with Crippen molar-refractivity contribution in [2.75, 3.05) is 66.3 Å². The second kappa shape index (κ2) is 11.8. The molecule has 8 nitrogen and oxygen atoms in total. The summed E-state index contributed by atoms with van der Waals surface area (Å²) >= 11 is 7.20. The number of amides is 2. The molecule has 1 atom stereocenters. The van der Waals surface area contributed by atoms with Crippen molar-refractivity contribution in [3.63, 3.8) is 0 Å². The van der Waals surface area contributed by atoms with E-state index < -0.39 is 6.04 Å². The minimum atomic E-state index is -0.600. The van der Waals surface area contributed by atoms with Crippen LogP contribution in [0.5, 0.6) is 5.06 Å². The summed E-state index contributed by atoms with van der Waals surface area (Å²) < 4.78 is 17.0. The predicted molar refractivity (Wildman–Crippen MR) is 127 cm³/mol. The van der Waals surface area contributed by atoms with E-state index in [4.69, 9.17) is 25.8 Å². The maximum absolute atomic E-state index is 13.3. The predicted octanol–water partition coefficient (Wildman–Crippen LogP) is 2.36. The molecule has 0 N–H and O–H groups in total. The van der Waals surface area contributed by atoms with Gasteiger partial charge in [-0.15, -0.1) is 0 Å². The zero-order chi connectivity index (χ0) is 23.2. The van der Waals surface area contributed by atoms with Gasteiger partial charge in [-0.05, 0) is 43.7 Å². The average Bonchev–Trinajstić information content (AvgIpc) is 3.26. The first kappa shape index (κ1) is 24.7. The summed E-state index contributed by atoms with van der Waals surface area (Å²) in [6.45, 7) is 5.63. The number of carbonyl (C=O) groups is 2. The van der Waals surface area contributed by atoms with Crippen LogP contribution in [0.25, 0.3) is 0 Å². The molecule has 2 aliphatic heterocycles. The normalized spacial score (nSPS) is 27.1. The highest BCUT2D eigenvalue weighted by molar-refractivity contribution is 7.17. The Kier molecular flexibility index (Phi) is 8.87. The van der Waals surface area contributed by atoms with Gasteiger partial charge >= 0.3 is 0 Å². The molecule has 0 aromatic carbocycles. The van der Waals surface area contributed by atoms with Gasteiger partial charge in [0.2, 0.25) is 5.91 Å². The Morgan fingerprint density at radius 1 is 1.15 bits per heavy atom. The van der Waals surface area contributed by atoms with Crippen molar-refractivity contribution in [2.45, 2.75) is 37.8 Å². The molecule has 1 aromatic rings. The molecule has 0 unspecified atom stereocenters. The summed E-state index contributed by atoms with van der Waals surface area (Å²) in [7, 11) is 1.56. The van der Waals surface area contributed by atoms with Gasteiger partial charge in [0.05, 0.1) is 24.2 Å². The van der Waals surface area contributed by atoms with E-state index in [0.29, 0.717) is 34.4 Å². The molecule has 184 valence electrons. The van der Waals surface area contributed by atoms with Crippen molar-refractivity contribution in [3.05, 3.63) is 16.5 Å². The highest BCUT2D eigenvalue weighted by atomic mass is 35.5. The van der Waals surface area contributed by atoms with Crippen molar-refractivity contribution in [2.24, 2.45) is 5.92 Å². The largest absolute Gasteiger partial charge is 0.474 e. The number of halogens is 1. The molecule has 1 aliphatic carbocycles. The van der Waals surface area contributed by atoms with E-state index in [-0.39, 0.29) is 25.0 Å². The fraction of sp³-hybridized carbons (Fsp3) is 0.739. The van der Waals surface area contributed by atoms with Gasteiger partial charge in [0, 0.05) is 45.9 Å². The van der Waals surface area contributed by atoms with Crippen molar-refractivity contribution >= 4 is 34.8 Å². The van der Waals surface area contributed by atoms with E-state index in [1.165, 1.54) is 24.2 Å². The molecule has 3 heterocycles. The Hall–Kier alpha value is -1.39. The molecule has 33 heavy (non-hydrogen) atoms. The van der Waals surface area contributed by atoms with Crippen molar-refractivity contribution in [1.82, 2.24) is 14.7 Å². The number of piperazine rings is 1. The summed E-state index contributed by atoms with van der Waals surface area (Å²) in [5.41, 5.74) is 0. The van der Waals surface area contributed by atoms with Gasteiger partial charge in [-0.2, -0.15) is 0 Å². The van der Waals surface area contributed by atoms with Crippen LogP contribution in [0.15, 0.2) is 12.1 Å². The van der Waals surface area contributed by atoms with Crippen LogP contribution >= 0.6 is 22.9 Å². The number of ether oxygens (including phenoxy) is 3. The molecule has 3 aliphatic rings. The molecule has 3 fully saturated rings. The van der Waals surface area contributed by atoms with Crippen molar-refractivity contribution in [3.8, 4) is 5.06 Å². The fourth-order valence-electron chi connectivity index (χ4n) is 5.18. The van der Waals surface area contributed by atoms with Gasteiger partial charge in [-0.3, -0.25) is 14.5 Å². The quantitative estimate of drug-likeness (QED) is 0.547. The summed E-state index contributed by atoms with van der Waals surface area (Å²) in [5.74, 6) is 0.287. The van der Waals surface area contributed by atoms with Crippen LogP contribution in [-0.2, 0) is 19.1 Å². The van der Waals surface area contributed by atoms with Gasteiger partial charge < -0.3 is 24.0 Å². The topological polar surface area (TPSA) is 71.6 Å². The maximum Gasteiger partial charge on any atom is 0.261 e. The monoisotopic (exact) mass is 499 g/mol. The van der Waals surface area contributed by atoms with Crippen LogP contribution in [0.3, 0.4) is 0 Å². The van der Waals surface area contributed by atoms with E-state index in [0.717, 1.165) is 45.7 Å². The number of thiophene rings is 1. The molecule has 0 radical (unpaired) electrons. The Labute approximate surface area is 204 Å². The van der Waals surface area contributed by atoms with Gasteiger partial charge in [-0.25, -0.2) is 0 Å². The van der Waals surface area contributed by atoms with E-state index in [1.54, 1.807) is 24.1 Å². The number of carbonyl (C=O) groups excluding carboxylic acids is 2. The number of hydrogen-bond donors (Lipinski definition) is 0. The lowest BCUT2D eigenvalue weighted by Crippen LogP contribution is -2.61. The zero-order valence-electron chi connectivity index (χ0n) is 19.2. The zero-order valence-corrected chi connectivity index (χ0v) is 20.8. The second-order valence-corrected chi connectivity index (χ2v) is 10.7. The molecule has 0 spiro atoms. The third-order valence-corrected chi connectivity index (χ3v) is 8.12. The van der Waals surface area contributed by atoms with Gasteiger partial charge in [0.15, 0.2) is 11.7 Å². The van der Waals surface area contributed by atoms with Gasteiger partial charge in [0.25, 0.3) is 5.91 Å². The Balaban J connectivity index is 1.27. The molecule has 2 saturated heterocycles. The van der Waals surface area contributed by atoms with Crippen LogP contribution in [0.2, 0.25) is 4.34 Å². The summed E-state index contributed by atoms with van der Waals surface area (Å²) in [5, 5.41) is 0.592. The Morgan fingerprint density at radius 3 is 2.58 bits per heavy atom.